The van der Waals surface area contributed by atoms with Gasteiger partial charge in [-0.2, -0.15) is 13.2 Å². The van der Waals surface area contributed by atoms with Crippen LogP contribution in [0.4, 0.5) is 17.6 Å². The normalized spacial score (nSPS) is 13.2. The van der Waals surface area contributed by atoms with Gasteiger partial charge in [-0.1, -0.05) is 34.1 Å². The summed E-state index contributed by atoms with van der Waals surface area (Å²) in [6, 6.07) is 8.51. The van der Waals surface area contributed by atoms with E-state index in [9.17, 15) is 22.7 Å². The van der Waals surface area contributed by atoms with Crippen molar-refractivity contribution in [2.75, 3.05) is 0 Å². The molecule has 21 heavy (non-hydrogen) atoms. The van der Waals surface area contributed by atoms with Crippen LogP contribution in [0.3, 0.4) is 0 Å². The minimum atomic E-state index is -4.45. The van der Waals surface area contributed by atoms with Gasteiger partial charge in [0, 0.05) is 10.9 Å². The average Bonchev–Trinajstić information content (AvgIpc) is 2.41. The SMILES string of the molecule is OC(Cc1ccc(F)cc1Br)c1cccc(C(F)(F)F)c1. The Morgan fingerprint density at radius 1 is 1.10 bits per heavy atom. The van der Waals surface area contributed by atoms with Gasteiger partial charge < -0.3 is 5.11 Å². The minimum Gasteiger partial charge on any atom is -0.388 e. The molecule has 1 nitrogen and oxygen atoms in total. The molecular weight excluding hydrogens is 352 g/mol. The standard InChI is InChI=1S/C15H11BrF4O/c16-13-8-12(17)5-4-9(13)7-14(21)10-2-1-3-11(6-10)15(18,19)20/h1-6,8,14,21H,7H2. The highest BCUT2D eigenvalue weighted by atomic mass is 79.9. The van der Waals surface area contributed by atoms with Gasteiger partial charge in [-0.05, 0) is 35.4 Å². The lowest BCUT2D eigenvalue weighted by Gasteiger charge is -2.14. The number of hydrogen-bond acceptors (Lipinski definition) is 1. The summed E-state index contributed by atoms with van der Waals surface area (Å²) in [6.07, 6.45) is -5.47. The summed E-state index contributed by atoms with van der Waals surface area (Å²) in [5.74, 6) is -0.431. The van der Waals surface area contributed by atoms with Crippen LogP contribution >= 0.6 is 15.9 Å². The fourth-order valence-electron chi connectivity index (χ4n) is 1.94. The van der Waals surface area contributed by atoms with Crippen molar-refractivity contribution in [2.24, 2.45) is 0 Å². The molecular formula is C15H11BrF4O. The van der Waals surface area contributed by atoms with Crippen LogP contribution in [0.15, 0.2) is 46.9 Å². The zero-order valence-electron chi connectivity index (χ0n) is 10.7. The smallest absolute Gasteiger partial charge is 0.388 e. The summed E-state index contributed by atoms with van der Waals surface area (Å²) < 4.78 is 51.3. The molecule has 0 saturated heterocycles. The molecule has 0 spiro atoms. The third kappa shape index (κ3) is 4.04. The van der Waals surface area contributed by atoms with Crippen LogP contribution in [0, 0.1) is 5.82 Å². The van der Waals surface area contributed by atoms with Gasteiger partial charge in [0.15, 0.2) is 0 Å². The molecule has 0 heterocycles. The summed E-state index contributed by atoms with van der Waals surface area (Å²) in [7, 11) is 0. The first kappa shape index (κ1) is 16.0. The molecule has 2 aromatic carbocycles. The van der Waals surface area contributed by atoms with E-state index in [-0.39, 0.29) is 12.0 Å². The van der Waals surface area contributed by atoms with Crippen molar-refractivity contribution in [3.05, 3.63) is 69.4 Å². The largest absolute Gasteiger partial charge is 0.416 e. The fourth-order valence-corrected chi connectivity index (χ4v) is 2.45. The molecule has 0 aliphatic carbocycles. The van der Waals surface area contributed by atoms with E-state index >= 15 is 0 Å². The molecule has 0 aromatic heterocycles. The van der Waals surface area contributed by atoms with E-state index in [4.69, 9.17) is 0 Å². The topological polar surface area (TPSA) is 20.2 Å². The molecule has 112 valence electrons. The lowest BCUT2D eigenvalue weighted by molar-refractivity contribution is -0.137. The quantitative estimate of drug-likeness (QED) is 0.771. The molecule has 0 bridgehead atoms. The maximum atomic E-state index is 13.0. The molecule has 0 radical (unpaired) electrons. The van der Waals surface area contributed by atoms with E-state index in [1.807, 2.05) is 0 Å². The van der Waals surface area contributed by atoms with Gasteiger partial charge in [0.1, 0.15) is 5.82 Å². The van der Waals surface area contributed by atoms with Crippen molar-refractivity contribution in [3.63, 3.8) is 0 Å². The minimum absolute atomic E-state index is 0.0855. The van der Waals surface area contributed by atoms with Crippen molar-refractivity contribution in [1.82, 2.24) is 0 Å². The lowest BCUT2D eigenvalue weighted by Crippen LogP contribution is -2.08. The van der Waals surface area contributed by atoms with Gasteiger partial charge in [0.2, 0.25) is 0 Å². The predicted molar refractivity (Wildman–Crippen MR) is 74.2 cm³/mol. The van der Waals surface area contributed by atoms with Gasteiger partial charge in [-0.3, -0.25) is 0 Å². The Morgan fingerprint density at radius 2 is 1.81 bits per heavy atom. The fraction of sp³-hybridized carbons (Fsp3) is 0.200. The van der Waals surface area contributed by atoms with E-state index in [0.29, 0.717) is 10.0 Å². The number of halogens is 5. The third-order valence-electron chi connectivity index (χ3n) is 3.03. The second-order valence-electron chi connectivity index (χ2n) is 4.58. The maximum absolute atomic E-state index is 13.0. The molecule has 1 N–H and O–H groups in total. The summed E-state index contributed by atoms with van der Waals surface area (Å²) in [5, 5.41) is 10.1. The van der Waals surface area contributed by atoms with Crippen LogP contribution in [-0.2, 0) is 12.6 Å². The van der Waals surface area contributed by atoms with Crippen LogP contribution < -0.4 is 0 Å². The van der Waals surface area contributed by atoms with Crippen molar-refractivity contribution in [1.29, 1.82) is 0 Å². The molecule has 0 aliphatic rings. The van der Waals surface area contributed by atoms with Crippen molar-refractivity contribution in [3.8, 4) is 0 Å². The van der Waals surface area contributed by atoms with Crippen LogP contribution in [0.25, 0.3) is 0 Å². The number of aliphatic hydroxyl groups is 1. The monoisotopic (exact) mass is 362 g/mol. The molecule has 1 unspecified atom stereocenters. The summed E-state index contributed by atoms with van der Waals surface area (Å²) in [6.45, 7) is 0. The molecule has 0 saturated carbocycles. The summed E-state index contributed by atoms with van der Waals surface area (Å²) >= 11 is 3.16. The highest BCUT2D eigenvalue weighted by Crippen LogP contribution is 2.32. The van der Waals surface area contributed by atoms with Crippen LogP contribution in [0.1, 0.15) is 22.8 Å². The summed E-state index contributed by atoms with van der Waals surface area (Å²) in [4.78, 5) is 0. The Hall–Kier alpha value is -1.40. The first-order valence-corrected chi connectivity index (χ1v) is 6.86. The Kier molecular flexibility index (Phi) is 4.68. The molecule has 2 aromatic rings. The van der Waals surface area contributed by atoms with Gasteiger partial charge >= 0.3 is 6.18 Å². The predicted octanol–water partition coefficient (Wildman–Crippen LogP) is 4.88. The van der Waals surface area contributed by atoms with Crippen LogP contribution in [0.2, 0.25) is 0 Å². The first-order chi connectivity index (χ1) is 9.77. The van der Waals surface area contributed by atoms with Gasteiger partial charge in [0.05, 0.1) is 11.7 Å². The van der Waals surface area contributed by atoms with E-state index < -0.39 is 23.7 Å². The molecule has 1 atom stereocenters. The Bertz CT molecular complexity index is 640. The molecule has 0 amide bonds. The number of benzene rings is 2. The Morgan fingerprint density at radius 3 is 2.43 bits per heavy atom. The molecule has 0 fully saturated rings. The zero-order chi connectivity index (χ0) is 15.6. The number of alkyl halides is 3. The van der Waals surface area contributed by atoms with Crippen LogP contribution in [0.5, 0.6) is 0 Å². The number of hydrogen-bond donors (Lipinski definition) is 1. The van der Waals surface area contributed by atoms with Gasteiger partial charge in [-0.15, -0.1) is 0 Å². The van der Waals surface area contributed by atoms with E-state index in [0.717, 1.165) is 12.1 Å². The first-order valence-electron chi connectivity index (χ1n) is 6.06. The van der Waals surface area contributed by atoms with Gasteiger partial charge in [0.25, 0.3) is 0 Å². The van der Waals surface area contributed by atoms with Crippen LogP contribution in [-0.4, -0.2) is 5.11 Å². The lowest BCUT2D eigenvalue weighted by atomic mass is 9.99. The second-order valence-corrected chi connectivity index (χ2v) is 5.43. The Balaban J connectivity index is 2.22. The number of rotatable bonds is 3. The number of aliphatic hydroxyl groups excluding tert-OH is 1. The summed E-state index contributed by atoms with van der Waals surface area (Å²) in [5.41, 5.74) is -0.0282. The van der Waals surface area contributed by atoms with E-state index in [2.05, 4.69) is 15.9 Å². The van der Waals surface area contributed by atoms with Crippen molar-refractivity contribution >= 4 is 15.9 Å². The van der Waals surface area contributed by atoms with E-state index in [1.54, 1.807) is 0 Å². The molecule has 0 aliphatic heterocycles. The molecule has 6 heteroatoms. The van der Waals surface area contributed by atoms with E-state index in [1.165, 1.54) is 30.3 Å². The zero-order valence-corrected chi connectivity index (χ0v) is 12.2. The maximum Gasteiger partial charge on any atom is 0.416 e. The van der Waals surface area contributed by atoms with Crippen molar-refractivity contribution in [2.45, 2.75) is 18.7 Å². The van der Waals surface area contributed by atoms with Crippen molar-refractivity contribution < 1.29 is 22.7 Å². The van der Waals surface area contributed by atoms with Gasteiger partial charge in [-0.25, -0.2) is 4.39 Å². The highest BCUT2D eigenvalue weighted by molar-refractivity contribution is 9.10. The third-order valence-corrected chi connectivity index (χ3v) is 3.77. The highest BCUT2D eigenvalue weighted by Gasteiger charge is 2.30. The Labute approximate surface area is 127 Å². The average molecular weight is 363 g/mol. The molecule has 2 rings (SSSR count). The second kappa shape index (κ2) is 6.15.